The van der Waals surface area contributed by atoms with Crippen molar-refractivity contribution in [1.82, 2.24) is 40.6 Å². The summed E-state index contributed by atoms with van der Waals surface area (Å²) in [6.07, 6.45) is 2.78. The van der Waals surface area contributed by atoms with Crippen molar-refractivity contribution in [3.05, 3.63) is 66.5 Å². The van der Waals surface area contributed by atoms with E-state index in [2.05, 4.69) is 45.3 Å². The molecule has 222 valence electrons. The number of nitrogens with one attached hydrogen (secondary N) is 2. The zero-order valence-electron chi connectivity index (χ0n) is 26.9. The van der Waals surface area contributed by atoms with Gasteiger partial charge in [-0.25, -0.2) is 9.97 Å². The largest absolute Gasteiger partial charge is 0.493 e. The van der Waals surface area contributed by atoms with Gasteiger partial charge in [0.05, 0.1) is 19.2 Å². The van der Waals surface area contributed by atoms with Crippen LogP contribution in [-0.2, 0) is 10.0 Å². The maximum atomic E-state index is 13.7. The second-order valence-electron chi connectivity index (χ2n) is 8.95. The maximum absolute atomic E-state index is 13.7. The second-order valence-corrected chi connectivity index (χ2v) is 10.6. The Kier molecular flexibility index (Phi) is 7.23. The van der Waals surface area contributed by atoms with Crippen LogP contribution in [0.15, 0.2) is 66.0 Å². The molecule has 1 aromatic carbocycles. The number of aliphatic hydroxyl groups is 1. The molecule has 43 heavy (non-hydrogen) atoms. The number of sulfonamides is 1. The van der Waals surface area contributed by atoms with Crippen LogP contribution in [0.1, 0.15) is 30.8 Å². The van der Waals surface area contributed by atoms with E-state index in [1.165, 1.54) is 49.8 Å². The van der Waals surface area contributed by atoms with Crippen molar-refractivity contribution in [3.63, 3.8) is 0 Å². The lowest BCUT2D eigenvalue weighted by molar-refractivity contribution is 0.192. The van der Waals surface area contributed by atoms with Crippen LogP contribution in [0, 0.1) is 0 Å². The first kappa shape index (κ1) is 24.4. The summed E-state index contributed by atoms with van der Waals surface area (Å²) in [6, 6.07) is 12.0. The summed E-state index contributed by atoms with van der Waals surface area (Å²) in [7, 11) is -3.14. The van der Waals surface area contributed by atoms with Gasteiger partial charge in [-0.1, -0.05) is 32.0 Å². The van der Waals surface area contributed by atoms with Gasteiger partial charge < -0.3 is 19.3 Å². The standard InChI is InChI=1S/C27H27N9O6S/c1-16(2)18-8-9-22(29-15-18)43(38,39)34-26-23(42-21-7-5-4-6-20(21)40-3)27(41-13-12-37)31-24(30-26)17-10-11-28-19(14-17)25-32-35-36-33-25/h4-11,14-16,37H,12-13H2,1-3H3,(H,30,31,34)(H,32,33,35,36)/i12D2,13D2. The van der Waals surface area contributed by atoms with E-state index in [1.54, 1.807) is 18.2 Å². The first-order chi connectivity index (χ1) is 22.2. The summed E-state index contributed by atoms with van der Waals surface area (Å²) in [4.78, 5) is 16.9. The number of anilines is 1. The quantitative estimate of drug-likeness (QED) is 0.186. The first-order valence-electron chi connectivity index (χ1n) is 14.5. The highest BCUT2D eigenvalue weighted by molar-refractivity contribution is 7.92. The second kappa shape index (κ2) is 12.7. The molecule has 15 nitrogen and oxygen atoms in total. The molecule has 5 rings (SSSR count). The van der Waals surface area contributed by atoms with Gasteiger partial charge in [-0.2, -0.15) is 18.6 Å². The monoisotopic (exact) mass is 609 g/mol. The fraction of sp³-hybridized carbons (Fsp3) is 0.222. The molecule has 0 fully saturated rings. The van der Waals surface area contributed by atoms with Crippen LogP contribution in [0.5, 0.6) is 23.1 Å². The molecule has 0 saturated carbocycles. The molecular weight excluding hydrogens is 578 g/mol. The van der Waals surface area contributed by atoms with Crippen molar-refractivity contribution < 1.29 is 33.2 Å². The molecule has 0 aliphatic rings. The van der Waals surface area contributed by atoms with Gasteiger partial charge in [-0.15, -0.1) is 10.2 Å². The van der Waals surface area contributed by atoms with Crippen LogP contribution in [0.2, 0.25) is 0 Å². The predicted octanol–water partition coefficient (Wildman–Crippen LogP) is 3.21. The molecule has 0 saturated heterocycles. The third-order valence-electron chi connectivity index (χ3n) is 5.83. The van der Waals surface area contributed by atoms with Crippen LogP contribution >= 0.6 is 0 Å². The summed E-state index contributed by atoms with van der Waals surface area (Å²) in [5.74, 6) is -1.82. The zero-order chi connectivity index (χ0) is 34.0. The van der Waals surface area contributed by atoms with Crippen molar-refractivity contribution >= 4 is 15.8 Å². The number of tetrazole rings is 1. The van der Waals surface area contributed by atoms with Gasteiger partial charge in [0, 0.05) is 18.0 Å². The van der Waals surface area contributed by atoms with E-state index in [1.807, 2.05) is 13.8 Å². The van der Waals surface area contributed by atoms with Crippen LogP contribution in [-0.4, -0.2) is 74.3 Å². The topological polar surface area (TPSA) is 200 Å². The van der Waals surface area contributed by atoms with Gasteiger partial charge in [-0.05, 0) is 47.0 Å². The van der Waals surface area contributed by atoms with Crippen LogP contribution in [0.25, 0.3) is 22.9 Å². The summed E-state index contributed by atoms with van der Waals surface area (Å²) < 4.78 is 77.6. The smallest absolute Gasteiger partial charge is 0.280 e. The number of H-pyrrole nitrogens is 1. The van der Waals surface area contributed by atoms with Crippen LogP contribution < -0.4 is 18.9 Å². The Morgan fingerprint density at radius 1 is 1.07 bits per heavy atom. The molecule has 0 spiro atoms. The van der Waals surface area contributed by atoms with E-state index in [9.17, 15) is 13.5 Å². The Bertz CT molecular complexity index is 1980. The van der Waals surface area contributed by atoms with Crippen LogP contribution in [0.4, 0.5) is 5.82 Å². The molecule has 16 heteroatoms. The third-order valence-corrected chi connectivity index (χ3v) is 7.09. The van der Waals surface area contributed by atoms with Gasteiger partial charge in [0.15, 0.2) is 28.2 Å². The predicted molar refractivity (Wildman–Crippen MR) is 153 cm³/mol. The van der Waals surface area contributed by atoms with Crippen molar-refractivity contribution in [2.24, 2.45) is 0 Å². The summed E-state index contributed by atoms with van der Waals surface area (Å²) >= 11 is 0. The average molecular weight is 610 g/mol. The minimum absolute atomic E-state index is 0.00642. The highest BCUT2D eigenvalue weighted by atomic mass is 32.2. The fourth-order valence-electron chi connectivity index (χ4n) is 3.71. The molecule has 0 unspecified atom stereocenters. The number of hydrogen-bond acceptors (Lipinski definition) is 13. The Hall–Kier alpha value is -5.22. The highest BCUT2D eigenvalue weighted by Gasteiger charge is 2.26. The molecule has 0 bridgehead atoms. The minimum atomic E-state index is -4.50. The number of pyridine rings is 2. The maximum Gasteiger partial charge on any atom is 0.280 e. The molecule has 0 aliphatic carbocycles. The molecule has 3 N–H and O–H groups in total. The number of aromatic amines is 1. The Balaban J connectivity index is 1.73. The molecule has 4 aromatic heterocycles. The van der Waals surface area contributed by atoms with Crippen molar-refractivity contribution in [2.75, 3.05) is 24.9 Å². The van der Waals surface area contributed by atoms with Gasteiger partial charge >= 0.3 is 0 Å². The Morgan fingerprint density at radius 3 is 2.56 bits per heavy atom. The molecule has 0 amide bonds. The molecule has 0 radical (unpaired) electrons. The van der Waals surface area contributed by atoms with Crippen molar-refractivity contribution in [2.45, 2.75) is 24.8 Å². The van der Waals surface area contributed by atoms with Crippen molar-refractivity contribution in [1.29, 1.82) is 0 Å². The number of ether oxygens (including phenoxy) is 3. The average Bonchev–Trinajstić information content (AvgIpc) is 3.57. The normalized spacial score (nSPS) is 13.4. The number of methoxy groups -OCH3 is 1. The van der Waals surface area contributed by atoms with E-state index in [0.717, 1.165) is 5.56 Å². The minimum Gasteiger partial charge on any atom is -0.493 e. The van der Waals surface area contributed by atoms with E-state index in [4.69, 9.17) is 19.7 Å². The lowest BCUT2D eigenvalue weighted by Crippen LogP contribution is -2.17. The number of rotatable bonds is 12. The number of benzene rings is 1. The number of aromatic nitrogens is 8. The SMILES string of the molecule is [2H]C([2H])(O)C([2H])([2H])Oc1nc(-c2ccnc(-c3nn[nH]n3)c2)nc(NS(=O)(=O)c2ccc(C(C)C)cn2)c1Oc1ccccc1OC. The molecule has 4 heterocycles. The zero-order valence-corrected chi connectivity index (χ0v) is 23.7. The van der Waals surface area contributed by atoms with Gasteiger partial charge in [0.25, 0.3) is 15.9 Å². The van der Waals surface area contributed by atoms with Crippen molar-refractivity contribution in [3.8, 4) is 46.0 Å². The van der Waals surface area contributed by atoms with E-state index in [0.29, 0.717) is 0 Å². The molecular formula is C27H27N9O6S. The first-order valence-corrected chi connectivity index (χ1v) is 14.0. The Morgan fingerprint density at radius 2 is 1.88 bits per heavy atom. The Labute approximate surface area is 252 Å². The molecule has 0 aliphatic heterocycles. The lowest BCUT2D eigenvalue weighted by Gasteiger charge is -2.18. The highest BCUT2D eigenvalue weighted by Crippen LogP contribution is 2.41. The van der Waals surface area contributed by atoms with E-state index >= 15 is 0 Å². The number of nitrogens with zero attached hydrogens (tertiary/aromatic N) is 7. The molecule has 5 aromatic rings. The summed E-state index contributed by atoms with van der Waals surface area (Å²) in [5.41, 5.74) is 1.20. The summed E-state index contributed by atoms with van der Waals surface area (Å²) in [5, 5.41) is 23.1. The van der Waals surface area contributed by atoms with Gasteiger partial charge in [-0.3, -0.25) is 9.71 Å². The van der Waals surface area contributed by atoms with Crippen LogP contribution in [0.3, 0.4) is 0 Å². The van der Waals surface area contributed by atoms with Gasteiger partial charge in [0.1, 0.15) is 12.3 Å². The molecule has 0 atom stereocenters. The van der Waals surface area contributed by atoms with E-state index in [-0.39, 0.29) is 45.3 Å². The lowest BCUT2D eigenvalue weighted by atomic mass is 10.1. The number of hydrogen-bond donors (Lipinski definition) is 3. The van der Waals surface area contributed by atoms with Gasteiger partial charge in [0.2, 0.25) is 11.6 Å². The fourth-order valence-corrected chi connectivity index (χ4v) is 4.64. The summed E-state index contributed by atoms with van der Waals surface area (Å²) in [6.45, 7) is -3.14. The number of para-hydroxylation sites is 2. The van der Waals surface area contributed by atoms with E-state index < -0.39 is 40.6 Å². The third kappa shape index (κ3) is 6.65.